The Morgan fingerprint density at radius 3 is 2.50 bits per heavy atom. The molecule has 0 heterocycles. The van der Waals surface area contributed by atoms with Crippen LogP contribution in [0.4, 0.5) is 5.69 Å². The zero-order valence-electron chi connectivity index (χ0n) is 8.83. The summed E-state index contributed by atoms with van der Waals surface area (Å²) in [6.45, 7) is 1.94. The highest BCUT2D eigenvalue weighted by molar-refractivity contribution is 7.92. The minimum Gasteiger partial charge on any atom is -0.284 e. The molecular weight excluding hydrogens is 269 g/mol. The number of halogens is 2. The Bertz CT molecular complexity index is 460. The molecule has 1 aromatic rings. The van der Waals surface area contributed by atoms with E-state index in [1.165, 1.54) is 6.07 Å². The topological polar surface area (TPSA) is 46.2 Å². The van der Waals surface area contributed by atoms with Crippen LogP contribution in [0.15, 0.2) is 18.2 Å². The zero-order valence-corrected chi connectivity index (χ0v) is 11.2. The van der Waals surface area contributed by atoms with E-state index in [0.717, 1.165) is 6.42 Å². The van der Waals surface area contributed by atoms with E-state index >= 15 is 0 Å². The summed E-state index contributed by atoms with van der Waals surface area (Å²) < 4.78 is 25.6. The monoisotopic (exact) mass is 281 g/mol. The Kier molecular flexibility index (Phi) is 4.89. The second-order valence-electron chi connectivity index (χ2n) is 3.40. The van der Waals surface area contributed by atoms with E-state index in [2.05, 4.69) is 4.72 Å². The third-order valence-corrected chi connectivity index (χ3v) is 4.07. The van der Waals surface area contributed by atoms with Crippen LogP contribution in [0.5, 0.6) is 0 Å². The predicted molar refractivity (Wildman–Crippen MR) is 68.8 cm³/mol. The first-order valence-electron chi connectivity index (χ1n) is 4.90. The molecule has 0 aliphatic heterocycles. The second kappa shape index (κ2) is 5.75. The third-order valence-electron chi connectivity index (χ3n) is 1.96. The summed E-state index contributed by atoms with van der Waals surface area (Å²) in [6.07, 6.45) is 1.47. The minimum absolute atomic E-state index is 0.115. The van der Waals surface area contributed by atoms with Gasteiger partial charge in [0, 0.05) is 0 Å². The van der Waals surface area contributed by atoms with Gasteiger partial charge in [-0.1, -0.05) is 36.5 Å². The number of benzene rings is 1. The average molecular weight is 282 g/mol. The molecule has 16 heavy (non-hydrogen) atoms. The van der Waals surface area contributed by atoms with Gasteiger partial charge in [-0.25, -0.2) is 8.42 Å². The Morgan fingerprint density at radius 1 is 1.25 bits per heavy atom. The molecule has 0 saturated carbocycles. The number of hydrogen-bond donors (Lipinski definition) is 1. The number of hydrogen-bond acceptors (Lipinski definition) is 2. The lowest BCUT2D eigenvalue weighted by molar-refractivity contribution is 0.598. The largest absolute Gasteiger partial charge is 0.284 e. The molecule has 0 amide bonds. The number of unbranched alkanes of at least 4 members (excludes halogenated alkanes) is 1. The van der Waals surface area contributed by atoms with Crippen LogP contribution in [0, 0.1) is 0 Å². The van der Waals surface area contributed by atoms with Crippen molar-refractivity contribution in [3.63, 3.8) is 0 Å². The second-order valence-corrected chi connectivity index (χ2v) is 6.06. The third kappa shape index (κ3) is 4.20. The van der Waals surface area contributed by atoms with Gasteiger partial charge in [-0.3, -0.25) is 4.72 Å². The quantitative estimate of drug-likeness (QED) is 0.897. The van der Waals surface area contributed by atoms with Crippen molar-refractivity contribution in [3.05, 3.63) is 28.2 Å². The van der Waals surface area contributed by atoms with Crippen LogP contribution in [0.25, 0.3) is 0 Å². The number of sulfonamides is 1. The van der Waals surface area contributed by atoms with Crippen molar-refractivity contribution in [1.29, 1.82) is 0 Å². The van der Waals surface area contributed by atoms with Crippen LogP contribution >= 0.6 is 23.2 Å². The first-order chi connectivity index (χ1) is 7.44. The lowest BCUT2D eigenvalue weighted by Gasteiger charge is -2.08. The smallest absolute Gasteiger partial charge is 0.232 e. The lowest BCUT2D eigenvalue weighted by atomic mass is 10.3. The summed E-state index contributed by atoms with van der Waals surface area (Å²) in [5.41, 5.74) is 0.436. The molecule has 3 nitrogen and oxygen atoms in total. The van der Waals surface area contributed by atoms with Crippen LogP contribution in [-0.4, -0.2) is 14.2 Å². The van der Waals surface area contributed by atoms with E-state index in [1.807, 2.05) is 6.92 Å². The van der Waals surface area contributed by atoms with Crippen LogP contribution in [0.1, 0.15) is 19.8 Å². The molecule has 0 saturated heterocycles. The van der Waals surface area contributed by atoms with Crippen molar-refractivity contribution in [2.24, 2.45) is 0 Å². The van der Waals surface area contributed by atoms with Crippen molar-refractivity contribution < 1.29 is 8.42 Å². The summed E-state index contributed by atoms with van der Waals surface area (Å²) in [4.78, 5) is 0. The van der Waals surface area contributed by atoms with Crippen LogP contribution < -0.4 is 4.72 Å². The van der Waals surface area contributed by atoms with E-state index in [9.17, 15) is 8.42 Å². The molecular formula is C10H13Cl2NO2S. The van der Waals surface area contributed by atoms with Crippen LogP contribution in [-0.2, 0) is 10.0 Å². The molecule has 1 aromatic carbocycles. The van der Waals surface area contributed by atoms with E-state index in [4.69, 9.17) is 23.2 Å². The Balaban J connectivity index is 2.76. The Morgan fingerprint density at radius 2 is 1.94 bits per heavy atom. The van der Waals surface area contributed by atoms with Gasteiger partial charge in [0.1, 0.15) is 0 Å². The highest BCUT2D eigenvalue weighted by atomic mass is 35.5. The summed E-state index contributed by atoms with van der Waals surface area (Å²) in [5, 5.41) is 0.732. The molecule has 1 rings (SSSR count). The minimum atomic E-state index is -3.28. The Hall–Kier alpha value is -0.450. The Labute approximate surface area is 106 Å². The van der Waals surface area contributed by atoms with Crippen molar-refractivity contribution in [2.75, 3.05) is 10.5 Å². The highest BCUT2D eigenvalue weighted by Gasteiger charge is 2.10. The van der Waals surface area contributed by atoms with E-state index in [-0.39, 0.29) is 5.75 Å². The first-order valence-corrected chi connectivity index (χ1v) is 7.31. The fourth-order valence-corrected chi connectivity index (χ4v) is 2.68. The van der Waals surface area contributed by atoms with Gasteiger partial charge in [0.2, 0.25) is 10.0 Å². The van der Waals surface area contributed by atoms with Crippen molar-refractivity contribution >= 4 is 38.9 Å². The first kappa shape index (κ1) is 13.6. The fraction of sp³-hybridized carbons (Fsp3) is 0.400. The highest BCUT2D eigenvalue weighted by Crippen LogP contribution is 2.25. The number of anilines is 1. The van der Waals surface area contributed by atoms with Crippen molar-refractivity contribution in [3.8, 4) is 0 Å². The molecule has 1 N–H and O–H groups in total. The molecule has 6 heteroatoms. The van der Waals surface area contributed by atoms with Crippen molar-refractivity contribution in [2.45, 2.75) is 19.8 Å². The SMILES string of the molecule is CCCCS(=O)(=O)Nc1ccc(Cl)c(Cl)c1. The van der Waals surface area contributed by atoms with Gasteiger partial charge < -0.3 is 0 Å². The normalized spacial score (nSPS) is 11.4. The maximum Gasteiger partial charge on any atom is 0.232 e. The van der Waals surface area contributed by atoms with Crippen LogP contribution in [0.2, 0.25) is 10.0 Å². The van der Waals surface area contributed by atoms with Gasteiger partial charge in [-0.15, -0.1) is 0 Å². The summed E-state index contributed by atoms with van der Waals surface area (Å²) in [6, 6.07) is 4.63. The summed E-state index contributed by atoms with van der Waals surface area (Å²) in [5.74, 6) is 0.115. The average Bonchev–Trinajstić information content (AvgIpc) is 2.20. The number of nitrogens with one attached hydrogen (secondary N) is 1. The molecule has 0 radical (unpaired) electrons. The van der Waals surface area contributed by atoms with Gasteiger partial charge in [0.05, 0.1) is 21.5 Å². The predicted octanol–water partition coefficient (Wildman–Crippen LogP) is 3.54. The van der Waals surface area contributed by atoms with Gasteiger partial charge >= 0.3 is 0 Å². The summed E-state index contributed by atoms with van der Waals surface area (Å²) in [7, 11) is -3.28. The van der Waals surface area contributed by atoms with E-state index in [0.29, 0.717) is 22.2 Å². The van der Waals surface area contributed by atoms with Gasteiger partial charge in [0.15, 0.2) is 0 Å². The summed E-state index contributed by atoms with van der Waals surface area (Å²) >= 11 is 11.5. The zero-order chi connectivity index (χ0) is 12.2. The van der Waals surface area contributed by atoms with Gasteiger partial charge in [-0.05, 0) is 24.6 Å². The molecule has 0 aromatic heterocycles. The molecule has 90 valence electrons. The molecule has 0 atom stereocenters. The van der Waals surface area contributed by atoms with Gasteiger partial charge in [-0.2, -0.15) is 0 Å². The maximum absolute atomic E-state index is 11.6. The van der Waals surface area contributed by atoms with E-state index < -0.39 is 10.0 Å². The molecule has 0 spiro atoms. The van der Waals surface area contributed by atoms with Gasteiger partial charge in [0.25, 0.3) is 0 Å². The lowest BCUT2D eigenvalue weighted by Crippen LogP contribution is -2.16. The molecule has 0 bridgehead atoms. The standard InChI is InChI=1S/C10H13Cl2NO2S/c1-2-3-6-16(14,15)13-8-4-5-9(11)10(12)7-8/h4-5,7,13H,2-3,6H2,1H3. The molecule has 0 unspecified atom stereocenters. The maximum atomic E-state index is 11.6. The molecule has 0 fully saturated rings. The van der Waals surface area contributed by atoms with Crippen molar-refractivity contribution in [1.82, 2.24) is 0 Å². The molecule has 0 aliphatic rings. The molecule has 0 aliphatic carbocycles. The fourth-order valence-electron chi connectivity index (χ4n) is 1.12. The van der Waals surface area contributed by atoms with Crippen LogP contribution in [0.3, 0.4) is 0 Å². The van der Waals surface area contributed by atoms with E-state index in [1.54, 1.807) is 12.1 Å². The number of rotatable bonds is 5.